The highest BCUT2D eigenvalue weighted by Crippen LogP contribution is 2.24. The molecule has 2 fully saturated rings. The van der Waals surface area contributed by atoms with Gasteiger partial charge in [0.25, 0.3) is 5.91 Å². The fourth-order valence-corrected chi connectivity index (χ4v) is 7.60. The molecule has 4 rings (SSSR count). The van der Waals surface area contributed by atoms with Crippen LogP contribution in [-0.2, 0) is 20.0 Å². The first kappa shape index (κ1) is 27.6. The minimum atomic E-state index is -3.64. The zero-order chi connectivity index (χ0) is 26.5. The Kier molecular flexibility index (Phi) is 8.89. The number of carbonyl (C=O) groups excluding carboxylic acids is 1. The maximum atomic E-state index is 13.0. The first-order valence-electron chi connectivity index (χ1n) is 12.8. The predicted octanol–water partition coefficient (Wildman–Crippen LogP) is 3.09. The summed E-state index contributed by atoms with van der Waals surface area (Å²) in [7, 11) is -7.14. The number of rotatable bonds is 9. The van der Waals surface area contributed by atoms with Gasteiger partial charge in [0.2, 0.25) is 20.0 Å². The van der Waals surface area contributed by atoms with Gasteiger partial charge in [0, 0.05) is 31.7 Å². The molecule has 2 heterocycles. The Bertz CT molecular complexity index is 1280. The molecule has 11 heteroatoms. The molecule has 1 N–H and O–H groups in total. The van der Waals surface area contributed by atoms with Crippen LogP contribution in [0.2, 0.25) is 0 Å². The number of benzene rings is 2. The summed E-state index contributed by atoms with van der Waals surface area (Å²) in [5.41, 5.74) is 0.263. The van der Waals surface area contributed by atoms with Crippen LogP contribution < -0.4 is 10.1 Å². The lowest BCUT2D eigenvalue weighted by molar-refractivity contribution is 0.0946. The van der Waals surface area contributed by atoms with Crippen LogP contribution in [-0.4, -0.2) is 70.7 Å². The van der Waals surface area contributed by atoms with Crippen molar-refractivity contribution in [1.82, 2.24) is 13.9 Å². The molecule has 37 heavy (non-hydrogen) atoms. The number of hydrogen-bond acceptors (Lipinski definition) is 6. The summed E-state index contributed by atoms with van der Waals surface area (Å²) < 4.78 is 60.2. The fourth-order valence-electron chi connectivity index (χ4n) is 4.57. The van der Waals surface area contributed by atoms with Crippen LogP contribution in [0.1, 0.15) is 49.4 Å². The van der Waals surface area contributed by atoms with Gasteiger partial charge in [-0.1, -0.05) is 19.4 Å². The number of sulfonamides is 2. The molecule has 9 nitrogen and oxygen atoms in total. The number of piperidine rings is 2. The minimum Gasteiger partial charge on any atom is -0.492 e. The van der Waals surface area contributed by atoms with E-state index in [-0.39, 0.29) is 28.5 Å². The topological polar surface area (TPSA) is 113 Å². The van der Waals surface area contributed by atoms with Gasteiger partial charge < -0.3 is 10.1 Å². The van der Waals surface area contributed by atoms with Crippen molar-refractivity contribution in [2.45, 2.75) is 48.8 Å². The van der Waals surface area contributed by atoms with Crippen LogP contribution in [0.15, 0.2) is 58.3 Å². The molecule has 0 radical (unpaired) electrons. The number of amides is 1. The molecule has 0 aromatic heterocycles. The SMILES string of the molecule is CC1CCN(S(=O)(=O)c2cccc(C(=O)NCCOc3ccc(S(=O)(=O)N4CCCCC4)cc3)c2)CC1. The summed E-state index contributed by atoms with van der Waals surface area (Å²) >= 11 is 0. The molecule has 2 aromatic carbocycles. The zero-order valence-electron chi connectivity index (χ0n) is 21.1. The zero-order valence-corrected chi connectivity index (χ0v) is 22.8. The Labute approximate surface area is 219 Å². The summed E-state index contributed by atoms with van der Waals surface area (Å²) in [6.45, 7) is 4.57. The van der Waals surface area contributed by atoms with Gasteiger partial charge in [-0.15, -0.1) is 0 Å². The second-order valence-corrected chi connectivity index (χ2v) is 13.5. The van der Waals surface area contributed by atoms with Gasteiger partial charge in [-0.3, -0.25) is 4.79 Å². The lowest BCUT2D eigenvalue weighted by atomic mass is 10.0. The van der Waals surface area contributed by atoms with Crippen LogP contribution in [0.3, 0.4) is 0 Å². The maximum absolute atomic E-state index is 13.0. The largest absolute Gasteiger partial charge is 0.492 e. The molecular weight excluding hydrogens is 514 g/mol. The summed E-state index contributed by atoms with van der Waals surface area (Å²) in [6.07, 6.45) is 4.47. The van der Waals surface area contributed by atoms with Crippen molar-refractivity contribution in [2.75, 3.05) is 39.3 Å². The molecule has 0 unspecified atom stereocenters. The fraction of sp³-hybridized carbons (Fsp3) is 0.500. The minimum absolute atomic E-state index is 0.116. The third kappa shape index (κ3) is 6.70. The van der Waals surface area contributed by atoms with Gasteiger partial charge >= 0.3 is 0 Å². The average molecular weight is 550 g/mol. The van der Waals surface area contributed by atoms with Gasteiger partial charge in [-0.25, -0.2) is 16.8 Å². The Morgan fingerprint density at radius 3 is 2.16 bits per heavy atom. The molecule has 1 amide bonds. The second-order valence-electron chi connectivity index (χ2n) is 9.65. The normalized spacial score (nSPS) is 18.4. The highest BCUT2D eigenvalue weighted by atomic mass is 32.2. The molecule has 2 aromatic rings. The molecule has 2 saturated heterocycles. The molecule has 0 saturated carbocycles. The predicted molar refractivity (Wildman–Crippen MR) is 140 cm³/mol. The monoisotopic (exact) mass is 549 g/mol. The van der Waals surface area contributed by atoms with Gasteiger partial charge in [-0.05, 0) is 74.1 Å². The van der Waals surface area contributed by atoms with Crippen LogP contribution in [0.5, 0.6) is 5.75 Å². The van der Waals surface area contributed by atoms with E-state index in [2.05, 4.69) is 12.2 Å². The lowest BCUT2D eigenvalue weighted by Gasteiger charge is -2.29. The van der Waals surface area contributed by atoms with Crippen LogP contribution in [0.4, 0.5) is 0 Å². The van der Waals surface area contributed by atoms with Crippen molar-refractivity contribution >= 4 is 26.0 Å². The van der Waals surface area contributed by atoms with E-state index in [1.807, 2.05) is 0 Å². The molecule has 2 aliphatic rings. The summed E-state index contributed by atoms with van der Waals surface area (Å²) in [4.78, 5) is 13.0. The highest BCUT2D eigenvalue weighted by Gasteiger charge is 2.29. The third-order valence-electron chi connectivity index (χ3n) is 6.91. The van der Waals surface area contributed by atoms with E-state index < -0.39 is 26.0 Å². The van der Waals surface area contributed by atoms with Crippen molar-refractivity contribution in [3.8, 4) is 5.75 Å². The van der Waals surface area contributed by atoms with Crippen molar-refractivity contribution in [3.05, 3.63) is 54.1 Å². The number of ether oxygens (including phenoxy) is 1. The first-order chi connectivity index (χ1) is 17.7. The average Bonchev–Trinajstić information content (AvgIpc) is 2.92. The van der Waals surface area contributed by atoms with Crippen molar-refractivity contribution < 1.29 is 26.4 Å². The Morgan fingerprint density at radius 2 is 1.49 bits per heavy atom. The van der Waals surface area contributed by atoms with Crippen molar-refractivity contribution in [3.63, 3.8) is 0 Å². The van der Waals surface area contributed by atoms with E-state index in [4.69, 9.17) is 4.74 Å². The van der Waals surface area contributed by atoms with Crippen LogP contribution in [0, 0.1) is 5.92 Å². The highest BCUT2D eigenvalue weighted by molar-refractivity contribution is 7.89. The van der Waals surface area contributed by atoms with E-state index in [1.165, 1.54) is 32.9 Å². The van der Waals surface area contributed by atoms with E-state index in [0.29, 0.717) is 37.8 Å². The van der Waals surface area contributed by atoms with Gasteiger partial charge in [0.05, 0.1) is 16.3 Å². The smallest absolute Gasteiger partial charge is 0.251 e. The molecule has 0 spiro atoms. The second kappa shape index (κ2) is 11.9. The van der Waals surface area contributed by atoms with Gasteiger partial charge in [0.1, 0.15) is 12.4 Å². The Hall–Kier alpha value is -2.47. The van der Waals surface area contributed by atoms with E-state index in [1.54, 1.807) is 24.3 Å². The quantitative estimate of drug-likeness (QED) is 0.481. The molecule has 2 aliphatic heterocycles. The molecule has 0 bridgehead atoms. The number of nitrogens with one attached hydrogen (secondary N) is 1. The summed E-state index contributed by atoms with van der Waals surface area (Å²) in [5.74, 6) is 0.614. The van der Waals surface area contributed by atoms with Crippen molar-refractivity contribution in [1.29, 1.82) is 0 Å². The molecule has 0 aliphatic carbocycles. The summed E-state index contributed by atoms with van der Waals surface area (Å²) in [5, 5.41) is 2.74. The Balaban J connectivity index is 1.28. The summed E-state index contributed by atoms with van der Waals surface area (Å²) in [6, 6.07) is 12.4. The number of carbonyl (C=O) groups is 1. The van der Waals surface area contributed by atoms with Gasteiger partial charge in [0.15, 0.2) is 0 Å². The van der Waals surface area contributed by atoms with Gasteiger partial charge in [-0.2, -0.15) is 8.61 Å². The first-order valence-corrected chi connectivity index (χ1v) is 15.7. The Morgan fingerprint density at radius 1 is 0.865 bits per heavy atom. The van der Waals surface area contributed by atoms with E-state index in [9.17, 15) is 21.6 Å². The van der Waals surface area contributed by atoms with E-state index >= 15 is 0 Å². The number of hydrogen-bond donors (Lipinski definition) is 1. The standard InChI is InChI=1S/C26H35N3O6S2/c1-21-12-17-29(18-13-21)37(33,34)25-7-5-6-22(20-25)26(30)27-14-19-35-23-8-10-24(11-9-23)36(31,32)28-15-3-2-4-16-28/h5-11,20-21H,2-4,12-19H2,1H3,(H,27,30). The van der Waals surface area contributed by atoms with Crippen molar-refractivity contribution in [2.24, 2.45) is 5.92 Å². The number of nitrogens with zero attached hydrogens (tertiary/aromatic N) is 2. The maximum Gasteiger partial charge on any atom is 0.251 e. The lowest BCUT2D eigenvalue weighted by Crippen LogP contribution is -2.38. The van der Waals surface area contributed by atoms with Crippen LogP contribution >= 0.6 is 0 Å². The third-order valence-corrected chi connectivity index (χ3v) is 10.7. The van der Waals surface area contributed by atoms with E-state index in [0.717, 1.165) is 32.1 Å². The molecular formula is C26H35N3O6S2. The molecule has 202 valence electrons. The molecule has 0 atom stereocenters. The van der Waals surface area contributed by atoms with Crippen LogP contribution in [0.25, 0.3) is 0 Å².